The number of benzene rings is 1. The Hall–Kier alpha value is -1.46. The van der Waals surface area contributed by atoms with Gasteiger partial charge in [-0.1, -0.05) is 23.2 Å². The highest BCUT2D eigenvalue weighted by atomic mass is 35.5. The summed E-state index contributed by atoms with van der Waals surface area (Å²) in [4.78, 5) is 24.7. The van der Waals surface area contributed by atoms with E-state index in [9.17, 15) is 9.59 Å². The quantitative estimate of drug-likeness (QED) is 0.821. The molecule has 5 nitrogen and oxygen atoms in total. The molecule has 0 unspecified atom stereocenters. The maximum absolute atomic E-state index is 12.3. The number of likely N-dealkylation sites (tertiary alicyclic amines) is 1. The maximum atomic E-state index is 12.3. The second kappa shape index (κ2) is 5.27. The number of hydrogen-bond donors (Lipinski definition) is 2. The fraction of sp³-hybridized carbons (Fsp3) is 0.333. The first-order valence-corrected chi connectivity index (χ1v) is 6.45. The van der Waals surface area contributed by atoms with Crippen molar-refractivity contribution in [2.24, 2.45) is 0 Å². The van der Waals surface area contributed by atoms with Crippen LogP contribution in [0.4, 0.5) is 5.69 Å². The Kier molecular flexibility index (Phi) is 3.87. The summed E-state index contributed by atoms with van der Waals surface area (Å²) in [5.41, 5.74) is 6.05. The van der Waals surface area contributed by atoms with Crippen LogP contribution in [0, 0.1) is 0 Å². The number of anilines is 1. The largest absolute Gasteiger partial charge is 0.480 e. The number of nitrogens with two attached hydrogens (primary N) is 1. The average Bonchev–Trinajstić information content (AvgIpc) is 2.83. The van der Waals surface area contributed by atoms with Gasteiger partial charge in [0.25, 0.3) is 5.91 Å². The molecule has 2 rings (SSSR count). The minimum absolute atomic E-state index is 0.182. The van der Waals surface area contributed by atoms with Crippen molar-refractivity contribution in [1.82, 2.24) is 4.90 Å². The molecule has 1 amide bonds. The fourth-order valence-corrected chi connectivity index (χ4v) is 2.63. The molecule has 1 saturated heterocycles. The fourth-order valence-electron chi connectivity index (χ4n) is 2.14. The summed E-state index contributed by atoms with van der Waals surface area (Å²) >= 11 is 11.7. The minimum atomic E-state index is -1.00. The zero-order valence-electron chi connectivity index (χ0n) is 9.90. The van der Waals surface area contributed by atoms with Gasteiger partial charge in [0, 0.05) is 12.1 Å². The first-order valence-electron chi connectivity index (χ1n) is 5.70. The van der Waals surface area contributed by atoms with Gasteiger partial charge < -0.3 is 15.7 Å². The molecule has 0 aliphatic carbocycles. The molecule has 1 aliphatic heterocycles. The molecule has 7 heteroatoms. The second-order valence-corrected chi connectivity index (χ2v) is 5.16. The van der Waals surface area contributed by atoms with Crippen LogP contribution in [0.5, 0.6) is 0 Å². The molecular weight excluding hydrogens is 291 g/mol. The third kappa shape index (κ3) is 2.62. The predicted molar refractivity (Wildman–Crippen MR) is 72.6 cm³/mol. The summed E-state index contributed by atoms with van der Waals surface area (Å²) in [6.07, 6.45) is 1.12. The lowest BCUT2D eigenvalue weighted by Gasteiger charge is -2.21. The molecule has 1 atom stereocenters. The van der Waals surface area contributed by atoms with Gasteiger partial charge in [-0.25, -0.2) is 4.79 Å². The van der Waals surface area contributed by atoms with E-state index in [1.165, 1.54) is 17.0 Å². The lowest BCUT2D eigenvalue weighted by atomic mass is 10.1. The zero-order chi connectivity index (χ0) is 14.2. The van der Waals surface area contributed by atoms with Crippen LogP contribution in [0.25, 0.3) is 0 Å². The van der Waals surface area contributed by atoms with E-state index < -0.39 is 17.9 Å². The Morgan fingerprint density at radius 1 is 1.32 bits per heavy atom. The van der Waals surface area contributed by atoms with Gasteiger partial charge in [0.1, 0.15) is 6.04 Å². The van der Waals surface area contributed by atoms with E-state index in [1.807, 2.05) is 0 Å². The van der Waals surface area contributed by atoms with Crippen LogP contribution in [0.15, 0.2) is 12.1 Å². The number of carboxylic acids is 1. The first kappa shape index (κ1) is 14.0. The smallest absolute Gasteiger partial charge is 0.326 e. The van der Waals surface area contributed by atoms with Crippen LogP contribution in [-0.4, -0.2) is 34.5 Å². The van der Waals surface area contributed by atoms with Gasteiger partial charge in [-0.15, -0.1) is 0 Å². The standard InChI is InChI=1S/C12H12Cl2N2O3/c13-7-4-6(5-8(14)10(7)15)11(17)16-3-1-2-9(16)12(18)19/h4-5,9H,1-3,15H2,(H,18,19)/t9-/m1/s1. The van der Waals surface area contributed by atoms with Crippen LogP contribution in [0.1, 0.15) is 23.2 Å². The van der Waals surface area contributed by atoms with Gasteiger partial charge in [0.2, 0.25) is 0 Å². The molecule has 102 valence electrons. The lowest BCUT2D eigenvalue weighted by molar-refractivity contribution is -0.141. The maximum Gasteiger partial charge on any atom is 0.326 e. The molecule has 1 aliphatic rings. The van der Waals surface area contributed by atoms with Crippen molar-refractivity contribution in [3.05, 3.63) is 27.7 Å². The summed E-state index contributed by atoms with van der Waals surface area (Å²) in [5, 5.41) is 9.43. The SMILES string of the molecule is Nc1c(Cl)cc(C(=O)N2CCC[C@@H]2C(=O)O)cc1Cl. The molecule has 1 heterocycles. The summed E-state index contributed by atoms with van der Waals surface area (Å²) in [7, 11) is 0. The Labute approximate surface area is 119 Å². The summed E-state index contributed by atoms with van der Waals surface area (Å²) < 4.78 is 0. The van der Waals surface area contributed by atoms with Gasteiger partial charge >= 0.3 is 5.97 Å². The van der Waals surface area contributed by atoms with Gasteiger partial charge in [-0.05, 0) is 25.0 Å². The molecule has 0 saturated carbocycles. The van der Waals surface area contributed by atoms with Crippen molar-refractivity contribution in [2.75, 3.05) is 12.3 Å². The summed E-state index contributed by atoms with van der Waals surface area (Å²) in [6.45, 7) is 0.412. The first-order chi connectivity index (χ1) is 8.91. The predicted octanol–water partition coefficient (Wildman–Crippen LogP) is 2.26. The Bertz CT molecular complexity index is 525. The Balaban J connectivity index is 2.32. The number of carboxylic acid groups (broad SMARTS) is 1. The second-order valence-electron chi connectivity index (χ2n) is 4.35. The summed E-state index contributed by atoms with van der Waals surface area (Å²) in [6, 6.07) is 2.02. The topological polar surface area (TPSA) is 83.6 Å². The molecular formula is C12H12Cl2N2O3. The number of amides is 1. The van der Waals surface area contributed by atoms with Crippen molar-refractivity contribution >= 4 is 40.8 Å². The van der Waals surface area contributed by atoms with Gasteiger partial charge in [-0.3, -0.25) is 4.79 Å². The van der Waals surface area contributed by atoms with Crippen LogP contribution < -0.4 is 5.73 Å². The molecule has 0 spiro atoms. The van der Waals surface area contributed by atoms with E-state index in [0.717, 1.165) is 0 Å². The van der Waals surface area contributed by atoms with Gasteiger partial charge in [0.15, 0.2) is 0 Å². The van der Waals surface area contributed by atoms with E-state index in [0.29, 0.717) is 19.4 Å². The van der Waals surface area contributed by atoms with Crippen LogP contribution in [0.2, 0.25) is 10.0 Å². The number of nitrogens with zero attached hydrogens (tertiary/aromatic N) is 1. The normalized spacial score (nSPS) is 18.6. The van der Waals surface area contributed by atoms with Crippen molar-refractivity contribution in [2.45, 2.75) is 18.9 Å². The molecule has 19 heavy (non-hydrogen) atoms. The van der Waals surface area contributed by atoms with Gasteiger partial charge in [-0.2, -0.15) is 0 Å². The number of nitrogen functional groups attached to an aromatic ring is 1. The van der Waals surface area contributed by atoms with E-state index >= 15 is 0 Å². The zero-order valence-corrected chi connectivity index (χ0v) is 11.4. The van der Waals surface area contributed by atoms with E-state index in [1.54, 1.807) is 0 Å². The Morgan fingerprint density at radius 3 is 2.42 bits per heavy atom. The number of carbonyl (C=O) groups excluding carboxylic acids is 1. The molecule has 1 fully saturated rings. The number of carbonyl (C=O) groups is 2. The van der Waals surface area contributed by atoms with Gasteiger partial charge in [0.05, 0.1) is 15.7 Å². The van der Waals surface area contributed by atoms with Crippen molar-refractivity contribution < 1.29 is 14.7 Å². The number of hydrogen-bond acceptors (Lipinski definition) is 3. The molecule has 3 N–H and O–H groups in total. The highest BCUT2D eigenvalue weighted by molar-refractivity contribution is 6.39. The van der Waals surface area contributed by atoms with Crippen molar-refractivity contribution in [3.8, 4) is 0 Å². The highest BCUT2D eigenvalue weighted by Crippen LogP contribution is 2.30. The van der Waals surface area contributed by atoms with Crippen molar-refractivity contribution in [3.63, 3.8) is 0 Å². The van der Waals surface area contributed by atoms with Crippen molar-refractivity contribution in [1.29, 1.82) is 0 Å². The molecule has 1 aromatic rings. The Morgan fingerprint density at radius 2 is 1.89 bits per heavy atom. The average molecular weight is 303 g/mol. The van der Waals surface area contributed by atoms with E-state index in [4.69, 9.17) is 34.0 Å². The van der Waals surface area contributed by atoms with E-state index in [-0.39, 0.29) is 21.3 Å². The number of halogens is 2. The third-order valence-corrected chi connectivity index (χ3v) is 3.75. The van der Waals surface area contributed by atoms with Crippen LogP contribution >= 0.6 is 23.2 Å². The molecule has 1 aromatic carbocycles. The number of rotatable bonds is 2. The minimum Gasteiger partial charge on any atom is -0.480 e. The molecule has 0 bridgehead atoms. The highest BCUT2D eigenvalue weighted by Gasteiger charge is 2.34. The summed E-state index contributed by atoms with van der Waals surface area (Å²) in [5.74, 6) is -1.40. The van der Waals surface area contributed by atoms with E-state index in [2.05, 4.69) is 0 Å². The monoisotopic (exact) mass is 302 g/mol. The molecule has 0 aromatic heterocycles. The van der Waals surface area contributed by atoms with Crippen LogP contribution in [0.3, 0.4) is 0 Å². The lowest BCUT2D eigenvalue weighted by Crippen LogP contribution is -2.40. The third-order valence-electron chi connectivity index (χ3n) is 3.12. The number of aliphatic carboxylic acids is 1. The molecule has 0 radical (unpaired) electrons. The van der Waals surface area contributed by atoms with Crippen LogP contribution in [-0.2, 0) is 4.79 Å².